The molecule has 3 rings (SSSR count). The molecule has 26 heavy (non-hydrogen) atoms. The van der Waals surface area contributed by atoms with E-state index in [4.69, 9.17) is 10.5 Å². The Morgan fingerprint density at radius 1 is 1.31 bits per heavy atom. The number of aliphatic imine (C=N–C) groups is 1. The monoisotopic (exact) mass is 413 g/mol. The van der Waals surface area contributed by atoms with Gasteiger partial charge >= 0.3 is 6.18 Å². The number of nitrogens with one attached hydrogen (secondary N) is 1. The number of nitrogens with two attached hydrogens (primary N) is 1. The lowest BCUT2D eigenvalue weighted by Gasteiger charge is -2.29. The van der Waals surface area contributed by atoms with Gasteiger partial charge in [0.25, 0.3) is 0 Å². The van der Waals surface area contributed by atoms with Crippen LogP contribution in [0.4, 0.5) is 18.9 Å². The first-order chi connectivity index (χ1) is 11.3. The Hall–Kier alpha value is -1.18. The molecule has 0 saturated heterocycles. The van der Waals surface area contributed by atoms with Crippen molar-refractivity contribution in [2.45, 2.75) is 57.3 Å². The van der Waals surface area contributed by atoms with E-state index in [9.17, 15) is 13.2 Å². The van der Waals surface area contributed by atoms with Crippen molar-refractivity contribution in [3.8, 4) is 5.75 Å². The normalized spacial score (nSPS) is 21.3. The van der Waals surface area contributed by atoms with E-state index >= 15 is 0 Å². The molecule has 1 aliphatic heterocycles. The minimum Gasteiger partial charge on any atom is -0.481 e. The summed E-state index contributed by atoms with van der Waals surface area (Å²) in [6.45, 7) is 2.20. The zero-order valence-electron chi connectivity index (χ0n) is 14.4. The van der Waals surface area contributed by atoms with Gasteiger partial charge in [0.05, 0.1) is 0 Å². The first-order valence-corrected chi connectivity index (χ1v) is 8.31. The van der Waals surface area contributed by atoms with Crippen molar-refractivity contribution in [2.24, 2.45) is 10.7 Å². The number of halogens is 5. The van der Waals surface area contributed by atoms with Crippen molar-refractivity contribution in [1.82, 2.24) is 5.32 Å². The Morgan fingerprint density at radius 3 is 2.73 bits per heavy atom. The number of ether oxygens (including phenoxy) is 1. The average Bonchev–Trinajstić information content (AvgIpc) is 2.50. The van der Waals surface area contributed by atoms with Crippen LogP contribution < -0.4 is 15.8 Å². The summed E-state index contributed by atoms with van der Waals surface area (Å²) >= 11 is 0. The third kappa shape index (κ3) is 5.41. The van der Waals surface area contributed by atoms with Crippen LogP contribution in [0.15, 0.2) is 17.1 Å². The van der Waals surface area contributed by atoms with Gasteiger partial charge in [-0.15, -0.1) is 24.8 Å². The van der Waals surface area contributed by atoms with Gasteiger partial charge in [-0.25, -0.2) is 4.99 Å². The molecule has 0 aromatic heterocycles. The fraction of sp³-hybridized carbons (Fsp3) is 0.588. The molecule has 0 saturated carbocycles. The number of alkyl halides is 3. The Kier molecular flexibility index (Phi) is 8.04. The number of fused-ring (bicyclic) bond motifs is 2. The third-order valence-electron chi connectivity index (χ3n) is 4.53. The maximum absolute atomic E-state index is 12.2. The van der Waals surface area contributed by atoms with Crippen LogP contribution in [0.2, 0.25) is 0 Å². The molecule has 1 heterocycles. The molecule has 1 aromatic carbocycles. The van der Waals surface area contributed by atoms with Crippen LogP contribution in [0, 0.1) is 0 Å². The second-order valence-corrected chi connectivity index (χ2v) is 6.43. The highest BCUT2D eigenvalue weighted by Crippen LogP contribution is 2.40. The van der Waals surface area contributed by atoms with Gasteiger partial charge in [-0.05, 0) is 62.4 Å². The Balaban J connectivity index is 0.00000169. The molecular weight excluding hydrogens is 390 g/mol. The standard InChI is InChI=1S/C17H22F3N3O.2ClH/c1-10-16(21)23-14-9-12-11(8-15(14)24-10)4-2-5-13(12)22-7-3-6-17(18,19)20;;/h8-10,13,22H,2-7H2,1H3,(H2,21,23);2*1H/t10-,13-;;/m0../s1. The quantitative estimate of drug-likeness (QED) is 0.708. The average molecular weight is 414 g/mol. The van der Waals surface area contributed by atoms with Gasteiger partial charge in [-0.3, -0.25) is 0 Å². The molecule has 2 atom stereocenters. The molecule has 0 amide bonds. The molecule has 4 nitrogen and oxygen atoms in total. The van der Waals surface area contributed by atoms with Crippen molar-refractivity contribution in [2.75, 3.05) is 6.54 Å². The summed E-state index contributed by atoms with van der Waals surface area (Å²) in [6, 6.07) is 4.02. The summed E-state index contributed by atoms with van der Waals surface area (Å²) < 4.78 is 42.5. The Labute approximate surface area is 163 Å². The van der Waals surface area contributed by atoms with Gasteiger partial charge in [0, 0.05) is 12.5 Å². The summed E-state index contributed by atoms with van der Waals surface area (Å²) in [5.74, 6) is 1.17. The topological polar surface area (TPSA) is 59.6 Å². The maximum atomic E-state index is 12.2. The lowest BCUT2D eigenvalue weighted by molar-refractivity contribution is -0.135. The van der Waals surface area contributed by atoms with E-state index in [1.165, 1.54) is 5.56 Å². The van der Waals surface area contributed by atoms with E-state index in [0.717, 1.165) is 30.6 Å². The molecule has 0 unspecified atom stereocenters. The largest absolute Gasteiger partial charge is 0.481 e. The van der Waals surface area contributed by atoms with Crippen molar-refractivity contribution in [3.63, 3.8) is 0 Å². The number of aryl methyl sites for hydroxylation is 1. The summed E-state index contributed by atoms with van der Waals surface area (Å²) in [6.07, 6.45) is -2.14. The SMILES string of the molecule is C[C@@H]1Oc2cc3c(cc2N=C1N)[C@@H](NCCCC(F)(F)F)CCC3.Cl.Cl. The van der Waals surface area contributed by atoms with Gasteiger partial charge in [-0.1, -0.05) is 0 Å². The highest BCUT2D eigenvalue weighted by atomic mass is 35.5. The molecular formula is C17H24Cl2F3N3O. The van der Waals surface area contributed by atoms with E-state index in [2.05, 4.69) is 10.3 Å². The van der Waals surface area contributed by atoms with Gasteiger partial charge in [0.1, 0.15) is 17.3 Å². The van der Waals surface area contributed by atoms with E-state index in [1.807, 2.05) is 19.1 Å². The van der Waals surface area contributed by atoms with E-state index < -0.39 is 12.6 Å². The summed E-state index contributed by atoms with van der Waals surface area (Å²) in [5, 5.41) is 3.26. The van der Waals surface area contributed by atoms with Gasteiger partial charge in [0.2, 0.25) is 0 Å². The van der Waals surface area contributed by atoms with Crippen LogP contribution in [0.3, 0.4) is 0 Å². The molecule has 0 fully saturated rings. The van der Waals surface area contributed by atoms with Crippen molar-refractivity contribution >= 4 is 36.3 Å². The number of benzene rings is 1. The highest BCUT2D eigenvalue weighted by molar-refractivity contribution is 5.90. The van der Waals surface area contributed by atoms with Crippen LogP contribution in [0.1, 0.15) is 49.8 Å². The summed E-state index contributed by atoms with van der Waals surface area (Å²) in [7, 11) is 0. The highest BCUT2D eigenvalue weighted by Gasteiger charge is 2.28. The number of hydrogen-bond donors (Lipinski definition) is 2. The van der Waals surface area contributed by atoms with E-state index in [-0.39, 0.29) is 43.4 Å². The zero-order chi connectivity index (χ0) is 17.3. The number of amidine groups is 1. The van der Waals surface area contributed by atoms with Crippen LogP contribution in [-0.2, 0) is 6.42 Å². The third-order valence-corrected chi connectivity index (χ3v) is 4.53. The lowest BCUT2D eigenvalue weighted by Crippen LogP contribution is -2.33. The van der Waals surface area contributed by atoms with Crippen molar-refractivity contribution < 1.29 is 17.9 Å². The van der Waals surface area contributed by atoms with Crippen LogP contribution in [0.5, 0.6) is 5.75 Å². The van der Waals surface area contributed by atoms with E-state index in [1.54, 1.807) is 0 Å². The minimum atomic E-state index is -4.09. The van der Waals surface area contributed by atoms with Crippen molar-refractivity contribution in [1.29, 1.82) is 0 Å². The molecule has 0 bridgehead atoms. The molecule has 148 valence electrons. The first-order valence-electron chi connectivity index (χ1n) is 8.31. The van der Waals surface area contributed by atoms with Gasteiger partial charge in [-0.2, -0.15) is 13.2 Å². The number of nitrogens with zero attached hydrogens (tertiary/aromatic N) is 1. The van der Waals surface area contributed by atoms with Crippen LogP contribution in [0.25, 0.3) is 0 Å². The molecule has 1 aliphatic carbocycles. The van der Waals surface area contributed by atoms with Gasteiger partial charge < -0.3 is 15.8 Å². The summed E-state index contributed by atoms with van der Waals surface area (Å²) in [5.41, 5.74) is 8.82. The van der Waals surface area contributed by atoms with Crippen LogP contribution in [-0.4, -0.2) is 24.7 Å². The van der Waals surface area contributed by atoms with Gasteiger partial charge in [0.15, 0.2) is 6.10 Å². The van der Waals surface area contributed by atoms with Crippen molar-refractivity contribution in [3.05, 3.63) is 23.3 Å². The lowest BCUT2D eigenvalue weighted by atomic mass is 9.86. The Bertz CT molecular complexity index is 653. The van der Waals surface area contributed by atoms with E-state index in [0.29, 0.717) is 18.1 Å². The number of hydrogen-bond acceptors (Lipinski definition) is 4. The molecule has 1 aromatic rings. The molecule has 9 heteroatoms. The van der Waals surface area contributed by atoms with Crippen LogP contribution >= 0.6 is 24.8 Å². The molecule has 2 aliphatic rings. The predicted octanol–water partition coefficient (Wildman–Crippen LogP) is 4.61. The minimum absolute atomic E-state index is 0. The second-order valence-electron chi connectivity index (χ2n) is 6.43. The fourth-order valence-electron chi connectivity index (χ4n) is 3.26. The molecule has 3 N–H and O–H groups in total. The first kappa shape index (κ1) is 22.9. The predicted molar refractivity (Wildman–Crippen MR) is 101 cm³/mol. The number of rotatable bonds is 4. The summed E-state index contributed by atoms with van der Waals surface area (Å²) in [4.78, 5) is 4.39. The molecule has 0 radical (unpaired) electrons. The Morgan fingerprint density at radius 2 is 2.04 bits per heavy atom. The fourth-order valence-corrected chi connectivity index (χ4v) is 3.26. The zero-order valence-corrected chi connectivity index (χ0v) is 16.1. The molecule has 0 spiro atoms. The second kappa shape index (κ2) is 9.15. The maximum Gasteiger partial charge on any atom is 0.389 e. The smallest absolute Gasteiger partial charge is 0.389 e.